The maximum Gasteiger partial charge on any atom is 0.0762 e. The highest BCUT2D eigenvalue weighted by molar-refractivity contribution is 4.98. The molecule has 0 saturated heterocycles. The summed E-state index contributed by atoms with van der Waals surface area (Å²) in [7, 11) is 1.96. The third kappa shape index (κ3) is 4.47. The van der Waals surface area contributed by atoms with Crippen LogP contribution in [0.5, 0.6) is 0 Å². The summed E-state index contributed by atoms with van der Waals surface area (Å²) in [6, 6.07) is 2.71. The summed E-state index contributed by atoms with van der Waals surface area (Å²) in [5.74, 6) is 0. The molecule has 0 saturated carbocycles. The summed E-state index contributed by atoms with van der Waals surface area (Å²) in [6.45, 7) is 5.38. The minimum Gasteiger partial charge on any atom is -0.308 e. The molecule has 1 rings (SSSR count). The molecule has 1 unspecified atom stereocenters. The van der Waals surface area contributed by atoms with Crippen molar-refractivity contribution in [3.8, 4) is 0 Å². The van der Waals surface area contributed by atoms with Gasteiger partial charge < -0.3 is 5.32 Å². The number of rotatable bonds is 7. The second-order valence-corrected chi connectivity index (χ2v) is 4.11. The highest BCUT2D eigenvalue weighted by Gasteiger charge is 2.05. The molecule has 0 aliphatic carbocycles. The first-order chi connectivity index (χ1) is 7.26. The first-order valence-electron chi connectivity index (χ1n) is 5.98. The van der Waals surface area contributed by atoms with Gasteiger partial charge in [0.25, 0.3) is 0 Å². The van der Waals surface area contributed by atoms with Crippen molar-refractivity contribution in [3.63, 3.8) is 0 Å². The maximum absolute atomic E-state index is 4.35. The summed E-state index contributed by atoms with van der Waals surface area (Å²) < 4.78 is 1.85. The van der Waals surface area contributed by atoms with E-state index in [2.05, 4.69) is 30.3 Å². The van der Waals surface area contributed by atoms with Crippen LogP contribution in [0.2, 0.25) is 0 Å². The molecule has 0 aromatic carbocycles. The van der Waals surface area contributed by atoms with E-state index in [0.29, 0.717) is 6.04 Å². The third-order valence-electron chi connectivity index (χ3n) is 2.74. The molecule has 86 valence electrons. The molecule has 1 heterocycles. The van der Waals surface area contributed by atoms with Gasteiger partial charge in [-0.05, 0) is 18.9 Å². The average Bonchev–Trinajstić information content (AvgIpc) is 2.65. The molecule has 1 atom stereocenters. The van der Waals surface area contributed by atoms with Crippen molar-refractivity contribution in [2.24, 2.45) is 7.05 Å². The van der Waals surface area contributed by atoms with Gasteiger partial charge in [-0.1, -0.05) is 26.7 Å². The van der Waals surface area contributed by atoms with Gasteiger partial charge in [0, 0.05) is 25.8 Å². The van der Waals surface area contributed by atoms with Gasteiger partial charge in [-0.3, -0.25) is 4.68 Å². The van der Waals surface area contributed by atoms with Crippen molar-refractivity contribution in [2.75, 3.05) is 0 Å². The van der Waals surface area contributed by atoms with Crippen LogP contribution in [-0.2, 0) is 13.6 Å². The first kappa shape index (κ1) is 12.2. The van der Waals surface area contributed by atoms with Gasteiger partial charge >= 0.3 is 0 Å². The van der Waals surface area contributed by atoms with E-state index in [0.717, 1.165) is 12.2 Å². The van der Waals surface area contributed by atoms with Gasteiger partial charge in [-0.25, -0.2) is 0 Å². The van der Waals surface area contributed by atoms with Crippen molar-refractivity contribution in [1.82, 2.24) is 15.1 Å². The number of nitrogens with zero attached hydrogens (tertiary/aromatic N) is 2. The topological polar surface area (TPSA) is 29.9 Å². The third-order valence-corrected chi connectivity index (χ3v) is 2.74. The smallest absolute Gasteiger partial charge is 0.0762 e. The lowest BCUT2D eigenvalue weighted by Gasteiger charge is -2.15. The largest absolute Gasteiger partial charge is 0.308 e. The zero-order chi connectivity index (χ0) is 11.1. The van der Waals surface area contributed by atoms with E-state index in [1.165, 1.54) is 25.7 Å². The zero-order valence-electron chi connectivity index (χ0n) is 10.2. The van der Waals surface area contributed by atoms with Crippen LogP contribution in [0.15, 0.2) is 12.3 Å². The Hall–Kier alpha value is -0.830. The molecule has 0 radical (unpaired) electrons. The molecule has 0 bridgehead atoms. The Morgan fingerprint density at radius 1 is 1.47 bits per heavy atom. The molecule has 0 fully saturated rings. The van der Waals surface area contributed by atoms with Gasteiger partial charge in [-0.15, -0.1) is 0 Å². The first-order valence-corrected chi connectivity index (χ1v) is 5.98. The predicted molar refractivity (Wildman–Crippen MR) is 63.7 cm³/mol. The lowest BCUT2D eigenvalue weighted by atomic mass is 10.1. The van der Waals surface area contributed by atoms with E-state index in [9.17, 15) is 0 Å². The minimum atomic E-state index is 0.645. The molecule has 0 amide bonds. The Morgan fingerprint density at radius 2 is 2.27 bits per heavy atom. The molecule has 1 aromatic rings. The van der Waals surface area contributed by atoms with E-state index in [1.807, 2.05) is 17.9 Å². The molecule has 3 nitrogen and oxygen atoms in total. The van der Waals surface area contributed by atoms with Crippen molar-refractivity contribution in [2.45, 2.75) is 52.1 Å². The molecule has 1 N–H and O–H groups in total. The molecular weight excluding hydrogens is 186 g/mol. The fourth-order valence-corrected chi connectivity index (χ4v) is 1.71. The lowest BCUT2D eigenvalue weighted by Crippen LogP contribution is -2.28. The van der Waals surface area contributed by atoms with Crippen molar-refractivity contribution >= 4 is 0 Å². The average molecular weight is 209 g/mol. The SMILES string of the molecule is CCCCC(CC)NCc1ccn(C)n1. The van der Waals surface area contributed by atoms with E-state index in [1.54, 1.807) is 0 Å². The summed E-state index contributed by atoms with van der Waals surface area (Å²) in [5.41, 5.74) is 1.13. The van der Waals surface area contributed by atoms with Crippen LogP contribution in [0.1, 0.15) is 45.2 Å². The quantitative estimate of drug-likeness (QED) is 0.747. The monoisotopic (exact) mass is 209 g/mol. The number of aryl methyl sites for hydroxylation is 1. The fraction of sp³-hybridized carbons (Fsp3) is 0.750. The van der Waals surface area contributed by atoms with Crippen molar-refractivity contribution in [3.05, 3.63) is 18.0 Å². The Balaban J connectivity index is 2.27. The van der Waals surface area contributed by atoms with Crippen LogP contribution >= 0.6 is 0 Å². The molecular formula is C12H23N3. The predicted octanol–water partition coefficient (Wildman–Crippen LogP) is 2.48. The van der Waals surface area contributed by atoms with Crippen LogP contribution in [-0.4, -0.2) is 15.8 Å². The number of unbranched alkanes of at least 4 members (excludes halogenated alkanes) is 1. The minimum absolute atomic E-state index is 0.645. The number of nitrogens with one attached hydrogen (secondary N) is 1. The van der Waals surface area contributed by atoms with E-state index in [-0.39, 0.29) is 0 Å². The molecule has 0 spiro atoms. The van der Waals surface area contributed by atoms with Crippen LogP contribution in [0, 0.1) is 0 Å². The number of aromatic nitrogens is 2. The second-order valence-electron chi connectivity index (χ2n) is 4.11. The molecule has 1 aromatic heterocycles. The van der Waals surface area contributed by atoms with Gasteiger partial charge in [0.15, 0.2) is 0 Å². The summed E-state index contributed by atoms with van der Waals surface area (Å²) >= 11 is 0. The van der Waals surface area contributed by atoms with Crippen LogP contribution in [0.4, 0.5) is 0 Å². The van der Waals surface area contributed by atoms with E-state index < -0.39 is 0 Å². The van der Waals surface area contributed by atoms with Crippen LogP contribution in [0.25, 0.3) is 0 Å². The van der Waals surface area contributed by atoms with E-state index >= 15 is 0 Å². The van der Waals surface area contributed by atoms with Gasteiger partial charge in [0.1, 0.15) is 0 Å². The zero-order valence-corrected chi connectivity index (χ0v) is 10.2. The highest BCUT2D eigenvalue weighted by atomic mass is 15.3. The number of hydrogen-bond acceptors (Lipinski definition) is 2. The fourth-order valence-electron chi connectivity index (χ4n) is 1.71. The number of hydrogen-bond donors (Lipinski definition) is 1. The Morgan fingerprint density at radius 3 is 2.80 bits per heavy atom. The highest BCUT2D eigenvalue weighted by Crippen LogP contribution is 2.05. The Kier molecular flexibility index (Phi) is 5.40. The Bertz CT molecular complexity index is 268. The molecule has 0 aliphatic rings. The standard InChI is InChI=1S/C12H23N3/c1-4-6-7-11(5-2)13-10-12-8-9-15(3)14-12/h8-9,11,13H,4-7,10H2,1-3H3. The molecule has 15 heavy (non-hydrogen) atoms. The van der Waals surface area contributed by atoms with Gasteiger partial charge in [-0.2, -0.15) is 5.10 Å². The second kappa shape index (κ2) is 6.62. The van der Waals surface area contributed by atoms with Crippen LogP contribution in [0.3, 0.4) is 0 Å². The van der Waals surface area contributed by atoms with Crippen LogP contribution < -0.4 is 5.32 Å². The lowest BCUT2D eigenvalue weighted by molar-refractivity contribution is 0.448. The summed E-state index contributed by atoms with van der Waals surface area (Å²) in [6.07, 6.45) is 7.06. The van der Waals surface area contributed by atoms with Crippen molar-refractivity contribution < 1.29 is 0 Å². The maximum atomic E-state index is 4.35. The van der Waals surface area contributed by atoms with Gasteiger partial charge in [0.2, 0.25) is 0 Å². The van der Waals surface area contributed by atoms with E-state index in [4.69, 9.17) is 0 Å². The molecule has 3 heteroatoms. The van der Waals surface area contributed by atoms with Crippen molar-refractivity contribution in [1.29, 1.82) is 0 Å². The van der Waals surface area contributed by atoms with Gasteiger partial charge in [0.05, 0.1) is 5.69 Å². The molecule has 0 aliphatic heterocycles. The summed E-state index contributed by atoms with van der Waals surface area (Å²) in [4.78, 5) is 0. The normalized spacial score (nSPS) is 13.0. The Labute approximate surface area is 92.9 Å². The summed E-state index contributed by atoms with van der Waals surface area (Å²) in [5, 5.41) is 7.91.